The third-order valence-electron chi connectivity index (χ3n) is 1.94. The number of aliphatic hydroxyl groups is 1. The average Bonchev–Trinajstić information content (AvgIpc) is 2.05. The van der Waals surface area contributed by atoms with Gasteiger partial charge in [-0.15, -0.1) is 0 Å². The molecule has 1 aromatic heterocycles. The molecule has 70 valence electrons. The maximum atomic E-state index is 11.0. The number of halogens is 1. The Kier molecular flexibility index (Phi) is 1.97. The van der Waals surface area contributed by atoms with Crippen LogP contribution in [0.2, 0.25) is 5.02 Å². The highest BCUT2D eigenvalue weighted by molar-refractivity contribution is 6.32. The van der Waals surface area contributed by atoms with Gasteiger partial charge in [-0.05, 0) is 0 Å². The van der Waals surface area contributed by atoms with E-state index < -0.39 is 0 Å². The normalized spacial score (nSPS) is 17.2. The van der Waals surface area contributed by atoms with Crippen LogP contribution in [0.1, 0.15) is 0 Å². The summed E-state index contributed by atoms with van der Waals surface area (Å²) in [5.41, 5.74) is -0.354. The van der Waals surface area contributed by atoms with Gasteiger partial charge in [0.2, 0.25) is 0 Å². The molecule has 0 atom stereocenters. The summed E-state index contributed by atoms with van der Waals surface area (Å²) in [7, 11) is 0. The summed E-state index contributed by atoms with van der Waals surface area (Å²) in [5, 5.41) is 9.12. The molecule has 1 saturated heterocycles. The van der Waals surface area contributed by atoms with Crippen LogP contribution < -0.4 is 10.5 Å². The van der Waals surface area contributed by atoms with Crippen LogP contribution in [0.4, 0.5) is 5.82 Å². The zero-order valence-electron chi connectivity index (χ0n) is 6.70. The van der Waals surface area contributed by atoms with Gasteiger partial charge >= 0.3 is 0 Å². The van der Waals surface area contributed by atoms with Gasteiger partial charge in [-0.1, -0.05) is 11.6 Å². The van der Waals surface area contributed by atoms with Crippen molar-refractivity contribution in [1.82, 2.24) is 9.97 Å². The highest BCUT2D eigenvalue weighted by Gasteiger charge is 2.27. The molecule has 0 spiro atoms. The van der Waals surface area contributed by atoms with Crippen molar-refractivity contribution in [3.05, 3.63) is 21.7 Å². The number of aromatic amines is 1. The number of rotatable bonds is 1. The molecular formula is C7H8ClN3O2. The highest BCUT2D eigenvalue weighted by atomic mass is 35.5. The molecule has 0 radical (unpaired) electrons. The van der Waals surface area contributed by atoms with Crippen molar-refractivity contribution < 1.29 is 5.11 Å². The van der Waals surface area contributed by atoms with Gasteiger partial charge in [0.1, 0.15) is 5.02 Å². The average molecular weight is 202 g/mol. The largest absolute Gasteiger partial charge is 0.389 e. The fraction of sp³-hybridized carbons (Fsp3) is 0.429. The molecule has 0 amide bonds. The van der Waals surface area contributed by atoms with E-state index >= 15 is 0 Å². The minimum Gasteiger partial charge on any atom is -0.389 e. The first-order valence-corrected chi connectivity index (χ1v) is 4.22. The van der Waals surface area contributed by atoms with Crippen molar-refractivity contribution in [1.29, 1.82) is 0 Å². The Morgan fingerprint density at radius 2 is 2.38 bits per heavy atom. The molecule has 2 N–H and O–H groups in total. The van der Waals surface area contributed by atoms with Gasteiger partial charge in [-0.3, -0.25) is 4.79 Å². The third-order valence-corrected chi connectivity index (χ3v) is 2.28. The lowest BCUT2D eigenvalue weighted by molar-refractivity contribution is 0.141. The Balaban J connectivity index is 2.31. The Morgan fingerprint density at radius 3 is 3.00 bits per heavy atom. The second-order valence-electron chi connectivity index (χ2n) is 2.93. The van der Waals surface area contributed by atoms with E-state index in [1.807, 2.05) is 0 Å². The maximum Gasteiger partial charge on any atom is 0.271 e. The minimum atomic E-state index is -0.354. The summed E-state index contributed by atoms with van der Waals surface area (Å²) < 4.78 is 0. The Hall–Kier alpha value is -1.07. The zero-order chi connectivity index (χ0) is 9.42. The molecule has 0 aromatic carbocycles. The molecule has 1 aliphatic heterocycles. The maximum absolute atomic E-state index is 11.0. The van der Waals surface area contributed by atoms with Crippen LogP contribution in [0, 0.1) is 0 Å². The van der Waals surface area contributed by atoms with Crippen LogP contribution in [0.15, 0.2) is 11.1 Å². The number of hydrogen-bond acceptors (Lipinski definition) is 4. The quantitative estimate of drug-likeness (QED) is 0.649. The van der Waals surface area contributed by atoms with Gasteiger partial charge in [-0.25, -0.2) is 4.98 Å². The van der Waals surface area contributed by atoms with Gasteiger partial charge in [0.05, 0.1) is 12.4 Å². The van der Waals surface area contributed by atoms with E-state index in [1.54, 1.807) is 4.90 Å². The smallest absolute Gasteiger partial charge is 0.271 e. The summed E-state index contributed by atoms with van der Waals surface area (Å²) in [4.78, 5) is 19.1. The monoisotopic (exact) mass is 201 g/mol. The Morgan fingerprint density at radius 1 is 1.69 bits per heavy atom. The first-order chi connectivity index (χ1) is 6.18. The van der Waals surface area contributed by atoms with Crippen molar-refractivity contribution >= 4 is 17.4 Å². The van der Waals surface area contributed by atoms with Crippen LogP contribution in [-0.4, -0.2) is 34.3 Å². The van der Waals surface area contributed by atoms with E-state index in [4.69, 9.17) is 16.7 Å². The molecule has 2 heterocycles. The topological polar surface area (TPSA) is 69.2 Å². The molecule has 0 unspecified atom stereocenters. The van der Waals surface area contributed by atoms with Crippen molar-refractivity contribution in [3.8, 4) is 0 Å². The van der Waals surface area contributed by atoms with E-state index in [0.29, 0.717) is 18.9 Å². The standard InChI is InChI=1S/C7H8ClN3O2/c8-5-6(9-3-10-7(5)13)11-1-4(12)2-11/h3-4,12H,1-2H2,(H,9,10,13). The highest BCUT2D eigenvalue weighted by Crippen LogP contribution is 2.22. The third kappa shape index (κ3) is 1.40. The molecule has 13 heavy (non-hydrogen) atoms. The number of nitrogens with one attached hydrogen (secondary N) is 1. The van der Waals surface area contributed by atoms with Gasteiger partial charge < -0.3 is 15.0 Å². The lowest BCUT2D eigenvalue weighted by Crippen LogP contribution is -2.51. The molecule has 0 aliphatic carbocycles. The second-order valence-corrected chi connectivity index (χ2v) is 3.31. The molecule has 1 aromatic rings. The Labute approximate surface area is 79.0 Å². The van der Waals surface area contributed by atoms with Gasteiger partial charge in [0.25, 0.3) is 5.56 Å². The number of hydrogen-bond donors (Lipinski definition) is 2. The lowest BCUT2D eigenvalue weighted by Gasteiger charge is -2.36. The number of anilines is 1. The fourth-order valence-corrected chi connectivity index (χ4v) is 1.45. The first-order valence-electron chi connectivity index (χ1n) is 3.84. The number of H-pyrrole nitrogens is 1. The minimum absolute atomic E-state index is 0.0781. The molecule has 5 nitrogen and oxygen atoms in total. The summed E-state index contributed by atoms with van der Waals surface area (Å²) in [5.74, 6) is 0.440. The van der Waals surface area contributed by atoms with Gasteiger partial charge in [-0.2, -0.15) is 0 Å². The number of aromatic nitrogens is 2. The molecule has 1 fully saturated rings. The van der Waals surface area contributed by atoms with E-state index in [2.05, 4.69) is 9.97 Å². The van der Waals surface area contributed by atoms with Crippen molar-refractivity contribution in [2.75, 3.05) is 18.0 Å². The molecule has 0 saturated carbocycles. The predicted molar refractivity (Wildman–Crippen MR) is 48.1 cm³/mol. The second kappa shape index (κ2) is 3.01. The van der Waals surface area contributed by atoms with Crippen LogP contribution >= 0.6 is 11.6 Å². The zero-order valence-corrected chi connectivity index (χ0v) is 7.45. The van der Waals surface area contributed by atoms with Crippen LogP contribution in [-0.2, 0) is 0 Å². The van der Waals surface area contributed by atoms with Crippen molar-refractivity contribution in [2.24, 2.45) is 0 Å². The van der Waals surface area contributed by atoms with Crippen LogP contribution in [0.25, 0.3) is 0 Å². The van der Waals surface area contributed by atoms with E-state index in [0.717, 1.165) is 0 Å². The Bertz CT molecular complexity index is 372. The van der Waals surface area contributed by atoms with Crippen molar-refractivity contribution in [3.63, 3.8) is 0 Å². The summed E-state index contributed by atoms with van der Waals surface area (Å²) in [6.45, 7) is 0.965. The number of β-amino-alcohol motifs (C(OH)–C–C–N with tert-alkyl or cyclic N) is 1. The SMILES string of the molecule is O=c1[nH]cnc(N2CC(O)C2)c1Cl. The molecule has 6 heteroatoms. The molecule has 2 rings (SSSR count). The summed E-state index contributed by atoms with van der Waals surface area (Å²) in [6.07, 6.45) is 0.964. The van der Waals surface area contributed by atoms with Crippen LogP contribution in [0.5, 0.6) is 0 Å². The molecular weight excluding hydrogens is 194 g/mol. The van der Waals surface area contributed by atoms with E-state index in [-0.39, 0.29) is 16.7 Å². The van der Waals surface area contributed by atoms with Crippen molar-refractivity contribution in [2.45, 2.75) is 6.10 Å². The van der Waals surface area contributed by atoms with Crippen LogP contribution in [0.3, 0.4) is 0 Å². The van der Waals surface area contributed by atoms with E-state index in [1.165, 1.54) is 6.33 Å². The predicted octanol–water partition coefficient (Wildman–Crippen LogP) is -0.396. The molecule has 1 aliphatic rings. The molecule has 0 bridgehead atoms. The number of nitrogens with zero attached hydrogens (tertiary/aromatic N) is 2. The van der Waals surface area contributed by atoms with E-state index in [9.17, 15) is 4.79 Å². The number of aliphatic hydroxyl groups excluding tert-OH is 1. The first kappa shape index (κ1) is 8.52. The fourth-order valence-electron chi connectivity index (χ4n) is 1.22. The lowest BCUT2D eigenvalue weighted by atomic mass is 10.2. The van der Waals surface area contributed by atoms with Gasteiger partial charge in [0, 0.05) is 13.1 Å². The summed E-state index contributed by atoms with van der Waals surface area (Å²) >= 11 is 5.72. The summed E-state index contributed by atoms with van der Waals surface area (Å²) in [6, 6.07) is 0. The van der Waals surface area contributed by atoms with Gasteiger partial charge in [0.15, 0.2) is 5.82 Å².